The van der Waals surface area contributed by atoms with Crippen LogP contribution < -0.4 is 5.32 Å². The Labute approximate surface area is 156 Å². The molecule has 0 spiro atoms. The first kappa shape index (κ1) is 18.9. The number of amides is 1. The molecule has 1 aliphatic rings. The predicted octanol–water partition coefficient (Wildman–Crippen LogP) is 1.52. The van der Waals surface area contributed by atoms with Crippen LogP contribution in [0, 0.1) is 0 Å². The van der Waals surface area contributed by atoms with Crippen molar-refractivity contribution in [2.24, 2.45) is 0 Å². The topological polar surface area (TPSA) is 110 Å². The number of sulfone groups is 1. The largest absolute Gasteiger partial charge is 0.508 e. The van der Waals surface area contributed by atoms with Crippen LogP contribution in [0.4, 0.5) is 0 Å². The van der Waals surface area contributed by atoms with Crippen LogP contribution in [0.25, 0.3) is 11.1 Å². The van der Waals surface area contributed by atoms with Gasteiger partial charge >= 0.3 is 5.97 Å². The molecule has 1 saturated heterocycles. The molecule has 0 aromatic heterocycles. The fourth-order valence-electron chi connectivity index (χ4n) is 2.85. The van der Waals surface area contributed by atoms with Crippen LogP contribution in [0.15, 0.2) is 48.5 Å². The number of hydrogen-bond donors (Lipinski definition) is 2. The number of phenols is 1. The number of benzene rings is 2. The van der Waals surface area contributed by atoms with Crippen molar-refractivity contribution in [2.45, 2.75) is 12.5 Å². The van der Waals surface area contributed by atoms with E-state index < -0.39 is 34.4 Å². The molecule has 1 fully saturated rings. The van der Waals surface area contributed by atoms with Crippen molar-refractivity contribution in [3.8, 4) is 16.9 Å². The van der Waals surface area contributed by atoms with Gasteiger partial charge in [-0.25, -0.2) is 13.2 Å². The van der Waals surface area contributed by atoms with Crippen LogP contribution in [0.3, 0.4) is 0 Å². The third-order valence-corrected chi connectivity index (χ3v) is 6.02. The summed E-state index contributed by atoms with van der Waals surface area (Å²) in [4.78, 5) is 23.9. The minimum atomic E-state index is -3.08. The van der Waals surface area contributed by atoms with Crippen molar-refractivity contribution in [1.29, 1.82) is 0 Å². The van der Waals surface area contributed by atoms with E-state index in [0.717, 1.165) is 11.1 Å². The number of phenolic OH excluding ortho intramolecular Hbond substituents is 1. The molecule has 0 aliphatic carbocycles. The summed E-state index contributed by atoms with van der Waals surface area (Å²) in [6, 6.07) is 12.9. The van der Waals surface area contributed by atoms with Gasteiger partial charge in [-0.3, -0.25) is 4.79 Å². The monoisotopic (exact) mass is 389 g/mol. The number of carbonyl (C=O) groups is 2. The lowest BCUT2D eigenvalue weighted by Crippen LogP contribution is -2.38. The Morgan fingerprint density at radius 2 is 1.63 bits per heavy atom. The zero-order chi connectivity index (χ0) is 19.4. The van der Waals surface area contributed by atoms with Crippen molar-refractivity contribution in [3.63, 3.8) is 0 Å². The van der Waals surface area contributed by atoms with Gasteiger partial charge in [-0.2, -0.15) is 0 Å². The van der Waals surface area contributed by atoms with E-state index in [-0.39, 0.29) is 17.3 Å². The number of nitrogens with one attached hydrogen (secondary N) is 1. The molecule has 1 aliphatic heterocycles. The second-order valence-electron chi connectivity index (χ2n) is 6.37. The first-order valence-corrected chi connectivity index (χ1v) is 10.2. The quantitative estimate of drug-likeness (QED) is 0.751. The van der Waals surface area contributed by atoms with Gasteiger partial charge in [-0.15, -0.1) is 0 Å². The van der Waals surface area contributed by atoms with Gasteiger partial charge in [-0.05, 0) is 41.8 Å². The average Bonchev–Trinajstić information content (AvgIpc) is 2.99. The molecule has 2 aromatic rings. The van der Waals surface area contributed by atoms with Crippen LogP contribution in [0.2, 0.25) is 0 Å². The minimum Gasteiger partial charge on any atom is -0.508 e. The van der Waals surface area contributed by atoms with Crippen molar-refractivity contribution in [2.75, 3.05) is 18.1 Å². The highest BCUT2D eigenvalue weighted by Gasteiger charge is 2.29. The molecule has 1 unspecified atom stereocenters. The lowest BCUT2D eigenvalue weighted by Gasteiger charge is -2.11. The molecule has 0 bridgehead atoms. The first-order valence-electron chi connectivity index (χ1n) is 8.39. The van der Waals surface area contributed by atoms with E-state index in [0.29, 0.717) is 12.0 Å². The number of hydrogen-bond acceptors (Lipinski definition) is 6. The van der Waals surface area contributed by atoms with Gasteiger partial charge in [0.1, 0.15) is 5.75 Å². The van der Waals surface area contributed by atoms with Crippen molar-refractivity contribution >= 4 is 21.7 Å². The molecule has 1 amide bonds. The lowest BCUT2D eigenvalue weighted by molar-refractivity contribution is -0.124. The van der Waals surface area contributed by atoms with Gasteiger partial charge in [0.25, 0.3) is 5.91 Å². The van der Waals surface area contributed by atoms with E-state index in [1.807, 2.05) is 0 Å². The fraction of sp³-hybridized carbons (Fsp3) is 0.263. The molecule has 2 N–H and O–H groups in total. The van der Waals surface area contributed by atoms with Crippen molar-refractivity contribution < 1.29 is 27.9 Å². The third kappa shape index (κ3) is 5.07. The fourth-order valence-corrected chi connectivity index (χ4v) is 4.52. The maximum atomic E-state index is 12.1. The number of ether oxygens (including phenoxy) is 1. The Hall–Kier alpha value is -2.87. The second kappa shape index (κ2) is 7.79. The van der Waals surface area contributed by atoms with E-state index in [9.17, 15) is 23.1 Å². The van der Waals surface area contributed by atoms with E-state index >= 15 is 0 Å². The summed E-state index contributed by atoms with van der Waals surface area (Å²) >= 11 is 0. The summed E-state index contributed by atoms with van der Waals surface area (Å²) in [6.07, 6.45) is 0.376. The Morgan fingerprint density at radius 1 is 1.04 bits per heavy atom. The van der Waals surface area contributed by atoms with Gasteiger partial charge in [0.05, 0.1) is 17.1 Å². The first-order chi connectivity index (χ1) is 12.8. The van der Waals surface area contributed by atoms with Crippen molar-refractivity contribution in [1.82, 2.24) is 5.32 Å². The minimum absolute atomic E-state index is 0.0606. The molecular formula is C19H19NO6S. The SMILES string of the molecule is O=C(COC(=O)c1ccc(-c2ccc(O)cc2)cc1)NC1CCS(=O)(=O)C1. The van der Waals surface area contributed by atoms with Gasteiger partial charge in [-0.1, -0.05) is 24.3 Å². The molecule has 0 radical (unpaired) electrons. The molecule has 142 valence electrons. The Bertz CT molecular complexity index is 935. The van der Waals surface area contributed by atoms with Crippen LogP contribution in [0.5, 0.6) is 5.75 Å². The lowest BCUT2D eigenvalue weighted by atomic mass is 10.0. The maximum absolute atomic E-state index is 12.1. The Morgan fingerprint density at radius 3 is 2.19 bits per heavy atom. The molecular weight excluding hydrogens is 370 g/mol. The molecule has 1 heterocycles. The Kier molecular flexibility index (Phi) is 5.46. The highest BCUT2D eigenvalue weighted by Crippen LogP contribution is 2.22. The smallest absolute Gasteiger partial charge is 0.338 e. The summed E-state index contributed by atoms with van der Waals surface area (Å²) in [5, 5.41) is 11.9. The molecule has 27 heavy (non-hydrogen) atoms. The molecule has 7 nitrogen and oxygen atoms in total. The van der Waals surface area contributed by atoms with Crippen LogP contribution in [-0.4, -0.2) is 49.6 Å². The highest BCUT2D eigenvalue weighted by molar-refractivity contribution is 7.91. The zero-order valence-electron chi connectivity index (χ0n) is 14.4. The summed E-state index contributed by atoms with van der Waals surface area (Å²) in [5.74, 6) is -1.00. The molecule has 1 atom stereocenters. The third-order valence-electron chi connectivity index (χ3n) is 4.25. The van der Waals surface area contributed by atoms with E-state index in [1.54, 1.807) is 48.5 Å². The van der Waals surface area contributed by atoms with Gasteiger partial charge < -0.3 is 15.2 Å². The maximum Gasteiger partial charge on any atom is 0.338 e. The van der Waals surface area contributed by atoms with Gasteiger partial charge in [0.15, 0.2) is 16.4 Å². The van der Waals surface area contributed by atoms with E-state index in [2.05, 4.69) is 5.32 Å². The summed E-state index contributed by atoms with van der Waals surface area (Å²) < 4.78 is 27.7. The normalized spacial score (nSPS) is 18.0. The Balaban J connectivity index is 1.52. The van der Waals surface area contributed by atoms with Crippen LogP contribution >= 0.6 is 0 Å². The standard InChI is InChI=1S/C19H19NO6S/c21-17-7-5-14(6-8-17)13-1-3-15(4-2-13)19(23)26-11-18(22)20-16-9-10-27(24,25)12-16/h1-8,16,21H,9-12H2,(H,20,22). The van der Waals surface area contributed by atoms with E-state index in [4.69, 9.17) is 4.74 Å². The molecule has 3 rings (SSSR count). The van der Waals surface area contributed by atoms with Gasteiger partial charge in [0.2, 0.25) is 0 Å². The molecule has 2 aromatic carbocycles. The number of carbonyl (C=O) groups excluding carboxylic acids is 2. The number of aromatic hydroxyl groups is 1. The zero-order valence-corrected chi connectivity index (χ0v) is 15.2. The van der Waals surface area contributed by atoms with Crippen LogP contribution in [-0.2, 0) is 19.4 Å². The highest BCUT2D eigenvalue weighted by atomic mass is 32.2. The summed E-state index contributed by atoms with van der Waals surface area (Å²) in [6.45, 7) is -0.463. The van der Waals surface area contributed by atoms with Gasteiger partial charge in [0, 0.05) is 6.04 Å². The summed E-state index contributed by atoms with van der Waals surface area (Å²) in [7, 11) is -3.08. The van der Waals surface area contributed by atoms with Crippen molar-refractivity contribution in [3.05, 3.63) is 54.1 Å². The average molecular weight is 389 g/mol. The van der Waals surface area contributed by atoms with Crippen LogP contribution in [0.1, 0.15) is 16.8 Å². The number of esters is 1. The molecule has 0 saturated carbocycles. The molecule has 8 heteroatoms. The predicted molar refractivity (Wildman–Crippen MR) is 99.0 cm³/mol. The summed E-state index contributed by atoms with van der Waals surface area (Å²) in [5.41, 5.74) is 2.05. The van der Waals surface area contributed by atoms with E-state index in [1.165, 1.54) is 0 Å². The second-order valence-corrected chi connectivity index (χ2v) is 8.60. The number of rotatable bonds is 5.